The Labute approximate surface area is 201 Å². The number of carbonyl (C=O) groups is 1. The molecule has 1 N–H and O–H groups in total. The molecular weight excluding hydrogens is 452 g/mol. The van der Waals surface area contributed by atoms with Crippen molar-refractivity contribution in [3.05, 3.63) is 90.0 Å². The minimum absolute atomic E-state index is 0.129. The third-order valence-corrected chi connectivity index (χ3v) is 7.31. The van der Waals surface area contributed by atoms with E-state index in [1.807, 2.05) is 44.2 Å². The Morgan fingerprint density at radius 1 is 0.853 bits per heavy atom. The molecule has 0 saturated carbocycles. The number of ether oxygens (including phenoxy) is 2. The molecule has 0 atom stereocenters. The first kappa shape index (κ1) is 25.3. The molecule has 3 aromatic carbocycles. The minimum atomic E-state index is -3.53. The van der Waals surface area contributed by atoms with Crippen molar-refractivity contribution in [1.29, 1.82) is 0 Å². The summed E-state index contributed by atoms with van der Waals surface area (Å²) in [5, 5.41) is 2.77. The van der Waals surface area contributed by atoms with Gasteiger partial charge in [-0.25, -0.2) is 8.42 Å². The van der Waals surface area contributed by atoms with Crippen molar-refractivity contribution >= 4 is 15.9 Å². The fourth-order valence-electron chi connectivity index (χ4n) is 3.00. The predicted molar refractivity (Wildman–Crippen MR) is 131 cm³/mol. The molecule has 3 rings (SSSR count). The lowest BCUT2D eigenvalue weighted by molar-refractivity contribution is -0.123. The van der Waals surface area contributed by atoms with Gasteiger partial charge in [-0.1, -0.05) is 42.5 Å². The Morgan fingerprint density at radius 2 is 1.44 bits per heavy atom. The van der Waals surface area contributed by atoms with Gasteiger partial charge >= 0.3 is 0 Å². The van der Waals surface area contributed by atoms with E-state index in [2.05, 4.69) is 5.32 Å². The zero-order chi connectivity index (χ0) is 24.6. The van der Waals surface area contributed by atoms with Gasteiger partial charge in [0, 0.05) is 19.6 Å². The lowest BCUT2D eigenvalue weighted by Crippen LogP contribution is -2.33. The van der Waals surface area contributed by atoms with E-state index in [0.29, 0.717) is 18.1 Å². The second-order valence-electron chi connectivity index (χ2n) is 8.07. The average molecular weight is 483 g/mol. The van der Waals surface area contributed by atoms with Crippen LogP contribution < -0.4 is 14.8 Å². The van der Waals surface area contributed by atoms with Crippen LogP contribution in [0.4, 0.5) is 0 Å². The zero-order valence-electron chi connectivity index (χ0n) is 19.6. The van der Waals surface area contributed by atoms with Crippen LogP contribution in [0, 0.1) is 0 Å². The van der Waals surface area contributed by atoms with Crippen LogP contribution in [0.3, 0.4) is 0 Å². The molecule has 0 aliphatic carbocycles. The lowest BCUT2D eigenvalue weighted by Gasteiger charge is -2.21. The molecule has 0 bridgehead atoms. The quantitative estimate of drug-likeness (QED) is 0.447. The summed E-state index contributed by atoms with van der Waals surface area (Å²) >= 11 is 0. The van der Waals surface area contributed by atoms with Gasteiger partial charge in [-0.2, -0.15) is 4.31 Å². The number of nitrogens with one attached hydrogen (secondary N) is 1. The molecule has 7 nitrogen and oxygen atoms in total. The second-order valence-corrected chi connectivity index (χ2v) is 10.1. The number of hydrogen-bond donors (Lipinski definition) is 1. The van der Waals surface area contributed by atoms with Gasteiger partial charge in [0.15, 0.2) is 6.61 Å². The Kier molecular flexibility index (Phi) is 8.67. The summed E-state index contributed by atoms with van der Waals surface area (Å²) in [4.78, 5) is 12.4. The van der Waals surface area contributed by atoms with E-state index in [4.69, 9.17) is 9.47 Å². The molecule has 0 spiro atoms. The van der Waals surface area contributed by atoms with Crippen LogP contribution in [0.1, 0.15) is 25.0 Å². The van der Waals surface area contributed by atoms with E-state index in [0.717, 1.165) is 11.1 Å². The number of benzene rings is 3. The maximum atomic E-state index is 12.5. The lowest BCUT2D eigenvalue weighted by atomic mass is 10.2. The van der Waals surface area contributed by atoms with Crippen molar-refractivity contribution in [2.45, 2.75) is 37.9 Å². The summed E-state index contributed by atoms with van der Waals surface area (Å²) in [5.41, 5.74) is 1.87. The molecule has 0 unspecified atom stereocenters. The van der Waals surface area contributed by atoms with E-state index in [1.165, 1.54) is 4.31 Å². The fourth-order valence-corrected chi connectivity index (χ4v) is 4.36. The molecule has 180 valence electrons. The third kappa shape index (κ3) is 7.07. The number of sulfonamides is 1. The highest BCUT2D eigenvalue weighted by molar-refractivity contribution is 7.89. The summed E-state index contributed by atoms with van der Waals surface area (Å²) in [5.74, 6) is 0.998. The molecule has 0 aliphatic rings. The topological polar surface area (TPSA) is 84.9 Å². The van der Waals surface area contributed by atoms with Crippen molar-refractivity contribution < 1.29 is 22.7 Å². The van der Waals surface area contributed by atoms with Crippen molar-refractivity contribution in [1.82, 2.24) is 9.62 Å². The monoisotopic (exact) mass is 482 g/mol. The van der Waals surface area contributed by atoms with Gasteiger partial charge < -0.3 is 14.8 Å². The molecule has 1 amide bonds. The molecule has 0 radical (unpaired) electrons. The van der Waals surface area contributed by atoms with E-state index < -0.39 is 10.0 Å². The van der Waals surface area contributed by atoms with Gasteiger partial charge in [-0.15, -0.1) is 0 Å². The minimum Gasteiger partial charge on any atom is -0.489 e. The van der Waals surface area contributed by atoms with E-state index in [1.54, 1.807) is 55.6 Å². The van der Waals surface area contributed by atoms with Gasteiger partial charge in [0.1, 0.15) is 18.1 Å². The van der Waals surface area contributed by atoms with Gasteiger partial charge in [0.2, 0.25) is 10.0 Å². The molecule has 0 fully saturated rings. The number of carbonyl (C=O) groups excluding carboxylic acids is 1. The molecule has 3 aromatic rings. The first-order valence-electron chi connectivity index (χ1n) is 11.0. The average Bonchev–Trinajstić information content (AvgIpc) is 2.86. The Morgan fingerprint density at radius 3 is 2.03 bits per heavy atom. The molecule has 0 aromatic heterocycles. The van der Waals surface area contributed by atoms with Crippen LogP contribution in [0.25, 0.3) is 0 Å². The number of nitrogens with zero attached hydrogens (tertiary/aromatic N) is 1. The van der Waals surface area contributed by atoms with Crippen LogP contribution in [-0.2, 0) is 28.0 Å². The van der Waals surface area contributed by atoms with E-state index >= 15 is 0 Å². The third-order valence-electron chi connectivity index (χ3n) is 5.26. The summed E-state index contributed by atoms with van der Waals surface area (Å²) in [6, 6.07) is 23.3. The van der Waals surface area contributed by atoms with Gasteiger partial charge in [-0.05, 0) is 61.4 Å². The first-order chi connectivity index (χ1) is 16.3. The molecule has 0 aliphatic heterocycles. The van der Waals surface area contributed by atoms with Crippen molar-refractivity contribution in [3.63, 3.8) is 0 Å². The molecule has 0 heterocycles. The van der Waals surface area contributed by atoms with Crippen LogP contribution in [0.2, 0.25) is 0 Å². The predicted octanol–water partition coefficient (Wildman–Crippen LogP) is 3.99. The van der Waals surface area contributed by atoms with E-state index in [-0.39, 0.29) is 30.0 Å². The highest BCUT2D eigenvalue weighted by atomic mass is 32.2. The van der Waals surface area contributed by atoms with Crippen LogP contribution in [0.5, 0.6) is 11.5 Å². The van der Waals surface area contributed by atoms with E-state index in [9.17, 15) is 13.2 Å². The summed E-state index contributed by atoms with van der Waals surface area (Å²) in [6.45, 7) is 4.25. The van der Waals surface area contributed by atoms with Gasteiger partial charge in [0.05, 0.1) is 4.90 Å². The zero-order valence-corrected chi connectivity index (χ0v) is 20.4. The van der Waals surface area contributed by atoms with Crippen molar-refractivity contribution in [2.75, 3.05) is 13.7 Å². The highest BCUT2D eigenvalue weighted by Crippen LogP contribution is 2.19. The Hall–Kier alpha value is -3.36. The SMILES string of the molecule is CC(C)N(C)S(=O)(=O)c1ccc(CNC(=O)COc2ccc(OCc3ccccc3)cc2)cc1. The fraction of sp³-hybridized carbons (Fsp3) is 0.269. The Balaban J connectivity index is 1.43. The maximum absolute atomic E-state index is 12.5. The number of rotatable bonds is 11. The molecule has 34 heavy (non-hydrogen) atoms. The summed E-state index contributed by atoms with van der Waals surface area (Å²) in [6.07, 6.45) is 0. The first-order valence-corrected chi connectivity index (χ1v) is 12.4. The number of hydrogen-bond acceptors (Lipinski definition) is 5. The normalized spacial score (nSPS) is 11.4. The second kappa shape index (κ2) is 11.7. The molecule has 8 heteroatoms. The number of amides is 1. The maximum Gasteiger partial charge on any atom is 0.258 e. The van der Waals surface area contributed by atoms with Crippen LogP contribution >= 0.6 is 0 Å². The summed E-state index contributed by atoms with van der Waals surface area (Å²) in [7, 11) is -1.97. The van der Waals surface area contributed by atoms with Gasteiger partial charge in [0.25, 0.3) is 5.91 Å². The Bertz CT molecular complexity index is 1160. The van der Waals surface area contributed by atoms with Crippen molar-refractivity contribution in [2.24, 2.45) is 0 Å². The van der Waals surface area contributed by atoms with Gasteiger partial charge in [-0.3, -0.25) is 4.79 Å². The largest absolute Gasteiger partial charge is 0.489 e. The molecule has 0 saturated heterocycles. The summed E-state index contributed by atoms with van der Waals surface area (Å²) < 4.78 is 37.6. The smallest absolute Gasteiger partial charge is 0.258 e. The molecular formula is C26H30N2O5S. The standard InChI is InChI=1S/C26H30N2O5S/c1-20(2)28(3)34(30,31)25-15-9-21(10-16-25)17-27-26(29)19-33-24-13-11-23(12-14-24)32-18-22-7-5-4-6-8-22/h4-16,20H,17-19H2,1-3H3,(H,27,29). The van der Waals surface area contributed by atoms with Crippen molar-refractivity contribution in [3.8, 4) is 11.5 Å². The van der Waals surface area contributed by atoms with Crippen LogP contribution in [-0.4, -0.2) is 38.3 Å². The highest BCUT2D eigenvalue weighted by Gasteiger charge is 2.22. The van der Waals surface area contributed by atoms with Crippen LogP contribution in [0.15, 0.2) is 83.8 Å².